The molecule has 20 heavy (non-hydrogen) atoms. The predicted molar refractivity (Wildman–Crippen MR) is 81.1 cm³/mol. The number of nitrogens with one attached hydrogen (secondary N) is 1. The van der Waals surface area contributed by atoms with Gasteiger partial charge >= 0.3 is 0 Å². The Hall–Kier alpha value is -1.62. The molecule has 0 saturated heterocycles. The topological polar surface area (TPSA) is 53.6 Å². The Bertz CT molecular complexity index is 455. The van der Waals surface area contributed by atoms with E-state index >= 15 is 0 Å². The minimum atomic E-state index is -0.255. The van der Waals surface area contributed by atoms with Gasteiger partial charge in [-0.25, -0.2) is 15.2 Å². The standard InChI is InChI=1S/C15H23FN4/c1-2-20(14-10-6-7-12(16)11-14)15(19-17)18-13-8-4-3-5-9-13/h6-7,10-11,13H,2-5,8-9,17H2,1H3,(H,18,19). The van der Waals surface area contributed by atoms with Crippen LogP contribution in [0.3, 0.4) is 0 Å². The van der Waals surface area contributed by atoms with Gasteiger partial charge in [0.1, 0.15) is 5.82 Å². The molecule has 110 valence electrons. The van der Waals surface area contributed by atoms with Gasteiger partial charge in [-0.1, -0.05) is 25.3 Å². The maximum absolute atomic E-state index is 13.4. The van der Waals surface area contributed by atoms with Gasteiger partial charge in [-0.2, -0.15) is 0 Å². The Labute approximate surface area is 119 Å². The van der Waals surface area contributed by atoms with Crippen LogP contribution in [0.15, 0.2) is 29.3 Å². The van der Waals surface area contributed by atoms with Crippen LogP contribution in [-0.2, 0) is 0 Å². The van der Waals surface area contributed by atoms with Gasteiger partial charge in [-0.3, -0.25) is 5.43 Å². The molecule has 5 heteroatoms. The summed E-state index contributed by atoms with van der Waals surface area (Å²) in [6, 6.07) is 6.81. The number of rotatable bonds is 3. The van der Waals surface area contributed by atoms with Crippen molar-refractivity contribution in [2.75, 3.05) is 11.4 Å². The number of anilines is 1. The third-order valence-corrected chi connectivity index (χ3v) is 3.70. The Morgan fingerprint density at radius 1 is 1.40 bits per heavy atom. The van der Waals surface area contributed by atoms with Crippen molar-refractivity contribution >= 4 is 11.6 Å². The molecule has 0 atom stereocenters. The highest BCUT2D eigenvalue weighted by atomic mass is 19.1. The minimum absolute atomic E-state index is 0.255. The molecule has 3 N–H and O–H groups in total. The second kappa shape index (κ2) is 7.24. The average molecular weight is 278 g/mol. The smallest absolute Gasteiger partial charge is 0.213 e. The quantitative estimate of drug-likeness (QED) is 0.387. The molecule has 1 saturated carbocycles. The molecule has 0 radical (unpaired) electrons. The summed E-state index contributed by atoms with van der Waals surface area (Å²) in [5, 5.41) is 0. The summed E-state index contributed by atoms with van der Waals surface area (Å²) in [4.78, 5) is 6.62. The van der Waals surface area contributed by atoms with Crippen molar-refractivity contribution in [1.29, 1.82) is 0 Å². The molecule has 0 aliphatic heterocycles. The molecule has 0 heterocycles. The van der Waals surface area contributed by atoms with Crippen LogP contribution in [-0.4, -0.2) is 18.5 Å². The number of nitrogens with zero attached hydrogens (tertiary/aromatic N) is 2. The van der Waals surface area contributed by atoms with Gasteiger partial charge in [0.05, 0.1) is 6.04 Å². The highest BCUT2D eigenvalue weighted by Crippen LogP contribution is 2.21. The van der Waals surface area contributed by atoms with Gasteiger partial charge in [0.2, 0.25) is 5.96 Å². The van der Waals surface area contributed by atoms with Crippen LogP contribution >= 0.6 is 0 Å². The molecule has 0 unspecified atom stereocenters. The lowest BCUT2D eigenvalue weighted by molar-refractivity contribution is 0.441. The van der Waals surface area contributed by atoms with E-state index in [-0.39, 0.29) is 5.82 Å². The molecule has 0 spiro atoms. The SMILES string of the molecule is CCN(C(=NC1CCCCC1)NN)c1cccc(F)c1. The molecule has 1 aliphatic carbocycles. The van der Waals surface area contributed by atoms with Gasteiger partial charge < -0.3 is 4.90 Å². The second-order valence-electron chi connectivity index (χ2n) is 5.11. The molecular formula is C15H23FN4. The summed E-state index contributed by atoms with van der Waals surface area (Å²) in [5.41, 5.74) is 3.44. The van der Waals surface area contributed by atoms with Gasteiger partial charge in [-0.15, -0.1) is 0 Å². The Balaban J connectivity index is 2.20. The van der Waals surface area contributed by atoms with E-state index in [1.165, 1.54) is 31.4 Å². The second-order valence-corrected chi connectivity index (χ2v) is 5.11. The first-order chi connectivity index (χ1) is 9.74. The first-order valence-electron chi connectivity index (χ1n) is 7.32. The number of nitrogens with two attached hydrogens (primary N) is 1. The Morgan fingerprint density at radius 3 is 2.75 bits per heavy atom. The van der Waals surface area contributed by atoms with Crippen molar-refractivity contribution in [2.45, 2.75) is 45.1 Å². The van der Waals surface area contributed by atoms with E-state index in [9.17, 15) is 4.39 Å². The number of aliphatic imine (C=N–C) groups is 1. The summed E-state index contributed by atoms with van der Waals surface area (Å²) in [6.45, 7) is 2.68. The third-order valence-electron chi connectivity index (χ3n) is 3.70. The number of hydrazine groups is 1. The molecule has 1 aliphatic rings. The molecular weight excluding hydrogens is 255 g/mol. The molecule has 1 aromatic rings. The minimum Gasteiger partial charge on any atom is -0.312 e. The third kappa shape index (κ3) is 3.70. The average Bonchev–Trinajstić information content (AvgIpc) is 2.48. The molecule has 1 fully saturated rings. The van der Waals surface area contributed by atoms with Crippen molar-refractivity contribution in [1.82, 2.24) is 5.43 Å². The first kappa shape index (κ1) is 14.8. The normalized spacial score (nSPS) is 17.1. The largest absolute Gasteiger partial charge is 0.312 e. The van der Waals surface area contributed by atoms with Crippen LogP contribution in [0.25, 0.3) is 0 Å². The zero-order valence-corrected chi connectivity index (χ0v) is 12.0. The fourth-order valence-electron chi connectivity index (χ4n) is 2.67. The van der Waals surface area contributed by atoms with Crippen LogP contribution in [0.1, 0.15) is 39.0 Å². The highest BCUT2D eigenvalue weighted by Gasteiger charge is 2.17. The lowest BCUT2D eigenvalue weighted by Crippen LogP contribution is -2.46. The number of guanidine groups is 1. The van der Waals surface area contributed by atoms with Crippen LogP contribution in [0.5, 0.6) is 0 Å². The monoisotopic (exact) mass is 278 g/mol. The van der Waals surface area contributed by atoms with E-state index in [0.717, 1.165) is 18.5 Å². The van der Waals surface area contributed by atoms with Gasteiger partial charge in [0.15, 0.2) is 0 Å². The summed E-state index contributed by atoms with van der Waals surface area (Å²) in [7, 11) is 0. The first-order valence-corrected chi connectivity index (χ1v) is 7.32. The maximum Gasteiger partial charge on any atom is 0.213 e. The van der Waals surface area contributed by atoms with Crippen LogP contribution < -0.4 is 16.2 Å². The number of halogens is 1. The molecule has 1 aromatic carbocycles. The lowest BCUT2D eigenvalue weighted by Gasteiger charge is -2.27. The highest BCUT2D eigenvalue weighted by molar-refractivity contribution is 5.95. The zero-order valence-electron chi connectivity index (χ0n) is 12.0. The van der Waals surface area contributed by atoms with E-state index in [0.29, 0.717) is 18.5 Å². The maximum atomic E-state index is 13.4. The van der Waals surface area contributed by atoms with Crippen molar-refractivity contribution in [3.8, 4) is 0 Å². The summed E-state index contributed by atoms with van der Waals surface area (Å²) in [5.74, 6) is 5.99. The zero-order chi connectivity index (χ0) is 14.4. The fraction of sp³-hybridized carbons (Fsp3) is 0.533. The molecule has 0 bridgehead atoms. The van der Waals surface area contributed by atoms with Crippen molar-refractivity contribution in [3.63, 3.8) is 0 Å². The van der Waals surface area contributed by atoms with Gasteiger partial charge in [-0.05, 0) is 38.0 Å². The van der Waals surface area contributed by atoms with Crippen LogP contribution in [0.2, 0.25) is 0 Å². The lowest BCUT2D eigenvalue weighted by atomic mass is 9.96. The summed E-state index contributed by atoms with van der Waals surface area (Å²) in [6.07, 6.45) is 5.94. The predicted octanol–water partition coefficient (Wildman–Crippen LogP) is 2.80. The van der Waals surface area contributed by atoms with E-state index in [1.807, 2.05) is 17.9 Å². The van der Waals surface area contributed by atoms with E-state index in [2.05, 4.69) is 5.43 Å². The van der Waals surface area contributed by atoms with Crippen LogP contribution in [0.4, 0.5) is 10.1 Å². The van der Waals surface area contributed by atoms with Crippen molar-refractivity contribution in [2.24, 2.45) is 10.8 Å². The summed E-state index contributed by atoms with van der Waals surface area (Å²) >= 11 is 0. The Morgan fingerprint density at radius 2 is 2.15 bits per heavy atom. The van der Waals surface area contributed by atoms with Gasteiger partial charge in [0.25, 0.3) is 0 Å². The van der Waals surface area contributed by atoms with E-state index in [4.69, 9.17) is 10.8 Å². The molecule has 4 nitrogen and oxygen atoms in total. The Kier molecular flexibility index (Phi) is 5.35. The molecule has 0 aromatic heterocycles. The van der Waals surface area contributed by atoms with Crippen molar-refractivity contribution < 1.29 is 4.39 Å². The fourth-order valence-corrected chi connectivity index (χ4v) is 2.67. The van der Waals surface area contributed by atoms with Gasteiger partial charge in [0, 0.05) is 12.2 Å². The van der Waals surface area contributed by atoms with E-state index < -0.39 is 0 Å². The molecule has 2 rings (SSSR count). The van der Waals surface area contributed by atoms with Crippen LogP contribution in [0, 0.1) is 5.82 Å². The number of hydrogen-bond acceptors (Lipinski definition) is 2. The number of hydrogen-bond donors (Lipinski definition) is 2. The molecule has 0 amide bonds. The van der Waals surface area contributed by atoms with Crippen molar-refractivity contribution in [3.05, 3.63) is 30.1 Å². The summed E-state index contributed by atoms with van der Waals surface area (Å²) < 4.78 is 13.4. The number of benzene rings is 1. The van der Waals surface area contributed by atoms with E-state index in [1.54, 1.807) is 6.07 Å².